The number of nitro groups is 1. The third-order valence-corrected chi connectivity index (χ3v) is 2.90. The number of rotatable bonds is 6. The van der Waals surface area contributed by atoms with E-state index in [2.05, 4.69) is 5.43 Å². The van der Waals surface area contributed by atoms with Crippen molar-refractivity contribution >= 4 is 5.78 Å². The fourth-order valence-corrected chi connectivity index (χ4v) is 1.94. The lowest BCUT2D eigenvalue weighted by Crippen LogP contribution is -2.45. The zero-order chi connectivity index (χ0) is 14.5. The standard InChI is InChI=1S/C13H13N3O4/c14-15-11(10-7-4-8-20-10)12(16(18)19)13(17)9-5-2-1-3-6-9/h1-8,11-12,15H,14H2. The second kappa shape index (κ2) is 6.09. The van der Waals surface area contributed by atoms with Crippen LogP contribution in [-0.2, 0) is 0 Å². The van der Waals surface area contributed by atoms with E-state index in [0.717, 1.165) is 0 Å². The predicted octanol–water partition coefficient (Wildman–Crippen LogP) is 1.31. The molecular weight excluding hydrogens is 262 g/mol. The van der Waals surface area contributed by atoms with Gasteiger partial charge in [0.1, 0.15) is 5.76 Å². The molecule has 0 saturated heterocycles. The molecule has 104 valence electrons. The first-order valence-electron chi connectivity index (χ1n) is 5.87. The van der Waals surface area contributed by atoms with Gasteiger partial charge in [-0.3, -0.25) is 20.8 Å². The molecule has 7 heteroatoms. The second-order valence-electron chi connectivity index (χ2n) is 4.12. The first-order valence-corrected chi connectivity index (χ1v) is 5.87. The van der Waals surface area contributed by atoms with E-state index >= 15 is 0 Å². The largest absolute Gasteiger partial charge is 0.467 e. The minimum absolute atomic E-state index is 0.235. The zero-order valence-corrected chi connectivity index (χ0v) is 10.4. The average Bonchev–Trinajstić information content (AvgIpc) is 2.98. The van der Waals surface area contributed by atoms with Crippen molar-refractivity contribution in [2.45, 2.75) is 12.1 Å². The van der Waals surface area contributed by atoms with E-state index in [0.29, 0.717) is 0 Å². The highest BCUT2D eigenvalue weighted by Crippen LogP contribution is 2.22. The topological polar surface area (TPSA) is 111 Å². The van der Waals surface area contributed by atoms with Gasteiger partial charge in [-0.05, 0) is 12.1 Å². The summed E-state index contributed by atoms with van der Waals surface area (Å²) in [5.41, 5.74) is 2.53. The summed E-state index contributed by atoms with van der Waals surface area (Å²) in [4.78, 5) is 22.9. The van der Waals surface area contributed by atoms with Crippen molar-refractivity contribution in [3.8, 4) is 0 Å². The van der Waals surface area contributed by atoms with Gasteiger partial charge in [0.2, 0.25) is 5.78 Å². The van der Waals surface area contributed by atoms with Crippen LogP contribution in [0.15, 0.2) is 53.1 Å². The summed E-state index contributed by atoms with van der Waals surface area (Å²) in [6.45, 7) is 0. The predicted molar refractivity (Wildman–Crippen MR) is 70.3 cm³/mol. The van der Waals surface area contributed by atoms with Crippen LogP contribution in [0, 0.1) is 10.1 Å². The fourth-order valence-electron chi connectivity index (χ4n) is 1.94. The summed E-state index contributed by atoms with van der Waals surface area (Å²) in [6, 6.07) is 8.56. The molecule has 0 fully saturated rings. The molecule has 0 amide bonds. The summed E-state index contributed by atoms with van der Waals surface area (Å²) in [6.07, 6.45) is 1.36. The van der Waals surface area contributed by atoms with Crippen molar-refractivity contribution in [3.63, 3.8) is 0 Å². The Bertz CT molecular complexity index is 583. The minimum atomic E-state index is -1.56. The summed E-state index contributed by atoms with van der Waals surface area (Å²) in [5, 5.41) is 11.3. The van der Waals surface area contributed by atoms with Gasteiger partial charge in [0, 0.05) is 10.5 Å². The van der Waals surface area contributed by atoms with Gasteiger partial charge >= 0.3 is 0 Å². The van der Waals surface area contributed by atoms with E-state index < -0.39 is 22.8 Å². The quantitative estimate of drug-likeness (QED) is 0.356. The lowest BCUT2D eigenvalue weighted by atomic mass is 9.97. The Morgan fingerprint density at radius 3 is 2.45 bits per heavy atom. The molecule has 2 aromatic rings. The number of carbonyl (C=O) groups excluding carboxylic acids is 1. The van der Waals surface area contributed by atoms with E-state index in [9.17, 15) is 14.9 Å². The lowest BCUT2D eigenvalue weighted by molar-refractivity contribution is -0.510. The van der Waals surface area contributed by atoms with Crippen molar-refractivity contribution in [2.24, 2.45) is 5.84 Å². The zero-order valence-electron chi connectivity index (χ0n) is 10.4. The van der Waals surface area contributed by atoms with Crippen molar-refractivity contribution in [1.29, 1.82) is 0 Å². The van der Waals surface area contributed by atoms with Gasteiger partial charge in [-0.2, -0.15) is 0 Å². The molecule has 0 saturated carbocycles. The molecule has 0 radical (unpaired) electrons. The highest BCUT2D eigenvalue weighted by atomic mass is 16.6. The van der Waals surface area contributed by atoms with Crippen LogP contribution < -0.4 is 11.3 Å². The van der Waals surface area contributed by atoms with Crippen LogP contribution in [-0.4, -0.2) is 16.7 Å². The van der Waals surface area contributed by atoms with E-state index in [1.54, 1.807) is 24.3 Å². The van der Waals surface area contributed by atoms with Crippen LogP contribution in [0.3, 0.4) is 0 Å². The van der Waals surface area contributed by atoms with Crippen LogP contribution in [0.2, 0.25) is 0 Å². The van der Waals surface area contributed by atoms with Gasteiger partial charge in [0.05, 0.1) is 6.26 Å². The third kappa shape index (κ3) is 2.73. The van der Waals surface area contributed by atoms with Gasteiger partial charge in [-0.25, -0.2) is 5.43 Å². The molecule has 0 aliphatic carbocycles. The molecule has 1 aromatic heterocycles. The number of benzene rings is 1. The van der Waals surface area contributed by atoms with Gasteiger partial charge < -0.3 is 4.42 Å². The van der Waals surface area contributed by atoms with E-state index in [1.807, 2.05) is 0 Å². The Labute approximate surface area is 114 Å². The van der Waals surface area contributed by atoms with E-state index in [1.165, 1.54) is 24.5 Å². The maximum atomic E-state index is 12.3. The van der Waals surface area contributed by atoms with Crippen molar-refractivity contribution in [3.05, 3.63) is 70.2 Å². The highest BCUT2D eigenvalue weighted by molar-refractivity contribution is 5.99. The number of nitrogens with zero attached hydrogens (tertiary/aromatic N) is 1. The van der Waals surface area contributed by atoms with Gasteiger partial charge in [0.25, 0.3) is 6.04 Å². The van der Waals surface area contributed by atoms with Crippen molar-refractivity contribution < 1.29 is 14.1 Å². The molecule has 7 nitrogen and oxygen atoms in total. The number of carbonyl (C=O) groups is 1. The highest BCUT2D eigenvalue weighted by Gasteiger charge is 2.41. The molecule has 1 heterocycles. The smallest absolute Gasteiger partial charge is 0.298 e. The molecule has 0 aliphatic heterocycles. The molecule has 3 N–H and O–H groups in total. The molecule has 1 aromatic carbocycles. The van der Waals surface area contributed by atoms with Crippen LogP contribution in [0.4, 0.5) is 0 Å². The van der Waals surface area contributed by atoms with Gasteiger partial charge in [0.15, 0.2) is 6.04 Å². The Balaban J connectivity index is 2.36. The molecule has 2 unspecified atom stereocenters. The average molecular weight is 275 g/mol. The van der Waals surface area contributed by atoms with Gasteiger partial charge in [-0.15, -0.1) is 0 Å². The Hall–Kier alpha value is -2.51. The number of hydrazine groups is 1. The molecule has 2 rings (SSSR count). The number of hydrogen-bond acceptors (Lipinski definition) is 6. The van der Waals surface area contributed by atoms with Crippen LogP contribution >= 0.6 is 0 Å². The number of nitrogens with one attached hydrogen (secondary N) is 1. The number of ketones is 1. The minimum Gasteiger partial charge on any atom is -0.467 e. The molecule has 2 atom stereocenters. The molecule has 0 spiro atoms. The second-order valence-corrected chi connectivity index (χ2v) is 4.12. The first-order chi connectivity index (χ1) is 9.65. The van der Waals surface area contributed by atoms with E-state index in [4.69, 9.17) is 10.3 Å². The molecular formula is C13H13N3O4. The van der Waals surface area contributed by atoms with E-state index in [-0.39, 0.29) is 11.3 Å². The maximum Gasteiger partial charge on any atom is 0.298 e. The molecule has 20 heavy (non-hydrogen) atoms. The monoisotopic (exact) mass is 275 g/mol. The van der Waals surface area contributed by atoms with Gasteiger partial charge in [-0.1, -0.05) is 30.3 Å². The van der Waals surface area contributed by atoms with Crippen LogP contribution in [0.1, 0.15) is 22.2 Å². The van der Waals surface area contributed by atoms with Crippen LogP contribution in [0.25, 0.3) is 0 Å². The Morgan fingerprint density at radius 1 is 1.25 bits per heavy atom. The lowest BCUT2D eigenvalue weighted by Gasteiger charge is -2.17. The summed E-state index contributed by atoms with van der Waals surface area (Å²) in [7, 11) is 0. The molecule has 0 bridgehead atoms. The van der Waals surface area contributed by atoms with Crippen molar-refractivity contribution in [2.75, 3.05) is 0 Å². The number of Topliss-reactive ketones (excluding diaryl/α,β-unsaturated/α-hetero) is 1. The SMILES string of the molecule is NNC(c1ccco1)C(C(=O)c1ccccc1)[N+](=O)[O-]. The van der Waals surface area contributed by atoms with Crippen molar-refractivity contribution in [1.82, 2.24) is 5.43 Å². The number of nitrogens with two attached hydrogens (primary N) is 1. The first kappa shape index (κ1) is 13.9. The third-order valence-electron chi connectivity index (χ3n) is 2.90. The normalized spacial score (nSPS) is 13.7. The number of furan rings is 1. The summed E-state index contributed by atoms with van der Waals surface area (Å²) in [5.74, 6) is 4.96. The Kier molecular flexibility index (Phi) is 4.24. The maximum absolute atomic E-state index is 12.3. The summed E-state index contributed by atoms with van der Waals surface area (Å²) >= 11 is 0. The number of hydrogen-bond donors (Lipinski definition) is 2. The fraction of sp³-hybridized carbons (Fsp3) is 0.154. The molecule has 0 aliphatic rings. The Morgan fingerprint density at radius 2 is 1.95 bits per heavy atom. The van der Waals surface area contributed by atoms with Crippen LogP contribution in [0.5, 0.6) is 0 Å². The summed E-state index contributed by atoms with van der Waals surface area (Å²) < 4.78 is 5.10.